The van der Waals surface area contributed by atoms with Crippen molar-refractivity contribution in [1.82, 2.24) is 30.0 Å². The number of hydrogen-bond acceptors (Lipinski definition) is 6. The van der Waals surface area contributed by atoms with Gasteiger partial charge < -0.3 is 14.6 Å². The fourth-order valence-corrected chi connectivity index (χ4v) is 5.00. The maximum atomic E-state index is 13.7. The summed E-state index contributed by atoms with van der Waals surface area (Å²) >= 11 is 1.12. The van der Waals surface area contributed by atoms with Gasteiger partial charge in [0.25, 0.3) is 0 Å². The monoisotopic (exact) mass is 498 g/mol. The highest BCUT2D eigenvalue weighted by Gasteiger charge is 2.16. The molecule has 1 aromatic carbocycles. The van der Waals surface area contributed by atoms with Crippen molar-refractivity contribution < 1.29 is 9.13 Å². The minimum Gasteiger partial charge on any atom is -0.491 e. The Morgan fingerprint density at radius 1 is 1.00 bits per heavy atom. The number of pyridine rings is 2. The highest BCUT2D eigenvalue weighted by atomic mass is 32.1. The van der Waals surface area contributed by atoms with E-state index in [4.69, 9.17) is 4.74 Å². The van der Waals surface area contributed by atoms with E-state index in [1.54, 1.807) is 18.5 Å². The minimum atomic E-state index is -0.210. The van der Waals surface area contributed by atoms with Gasteiger partial charge in [-0.1, -0.05) is 6.07 Å². The first kappa shape index (κ1) is 22.4. The van der Waals surface area contributed by atoms with E-state index < -0.39 is 0 Å². The lowest BCUT2D eigenvalue weighted by Crippen LogP contribution is -2.19. The molecule has 180 valence electrons. The van der Waals surface area contributed by atoms with Crippen LogP contribution < -0.4 is 4.74 Å². The van der Waals surface area contributed by atoms with E-state index in [2.05, 4.69) is 36.1 Å². The van der Waals surface area contributed by atoms with Gasteiger partial charge >= 0.3 is 0 Å². The number of rotatable bonds is 7. The van der Waals surface area contributed by atoms with Gasteiger partial charge in [0.15, 0.2) is 5.13 Å². The number of halogens is 1. The van der Waals surface area contributed by atoms with Crippen LogP contribution in [0.4, 0.5) is 4.39 Å². The van der Waals surface area contributed by atoms with Gasteiger partial charge in [0, 0.05) is 45.7 Å². The number of fused-ring (bicyclic) bond motifs is 2. The lowest BCUT2D eigenvalue weighted by Gasteiger charge is -2.11. The van der Waals surface area contributed by atoms with Gasteiger partial charge in [-0.15, -0.1) is 11.3 Å². The zero-order valence-corrected chi connectivity index (χ0v) is 20.6. The molecule has 6 rings (SSSR count). The molecule has 0 bridgehead atoms. The molecule has 9 heteroatoms. The Balaban J connectivity index is 1.37. The van der Waals surface area contributed by atoms with E-state index in [9.17, 15) is 4.39 Å². The summed E-state index contributed by atoms with van der Waals surface area (Å²) in [6, 6.07) is 15.4. The fraction of sp³-hybridized carbons (Fsp3) is 0.148. The maximum absolute atomic E-state index is 13.7. The quantitative estimate of drug-likeness (QED) is 0.283. The summed E-state index contributed by atoms with van der Waals surface area (Å²) in [4.78, 5) is 15.2. The predicted molar refractivity (Wildman–Crippen MR) is 142 cm³/mol. The molecule has 0 amide bonds. The molecule has 5 aromatic heterocycles. The molecule has 0 fully saturated rings. The van der Waals surface area contributed by atoms with Crippen LogP contribution in [-0.2, 0) is 0 Å². The van der Waals surface area contributed by atoms with Crippen molar-refractivity contribution in [3.05, 3.63) is 72.3 Å². The Kier molecular flexibility index (Phi) is 5.71. The van der Waals surface area contributed by atoms with E-state index in [1.165, 1.54) is 6.07 Å². The number of likely N-dealkylation sites (N-methyl/N-ethyl adjacent to an activating group) is 1. The van der Waals surface area contributed by atoms with Gasteiger partial charge in [-0.05, 0) is 62.1 Å². The van der Waals surface area contributed by atoms with Crippen LogP contribution in [0.1, 0.15) is 0 Å². The average Bonchev–Trinajstić information content (AvgIpc) is 3.61. The Hall–Kier alpha value is -4.08. The zero-order valence-electron chi connectivity index (χ0n) is 19.7. The Morgan fingerprint density at radius 2 is 1.92 bits per heavy atom. The van der Waals surface area contributed by atoms with Crippen LogP contribution in [-0.4, -0.2) is 57.3 Å². The molecular weight excluding hydrogens is 475 g/mol. The fourth-order valence-electron chi connectivity index (χ4n) is 4.23. The van der Waals surface area contributed by atoms with Gasteiger partial charge in [-0.2, -0.15) is 9.49 Å². The first-order valence-corrected chi connectivity index (χ1v) is 12.3. The Labute approximate surface area is 210 Å². The molecule has 5 heterocycles. The van der Waals surface area contributed by atoms with Gasteiger partial charge in [0.1, 0.15) is 23.7 Å². The highest BCUT2D eigenvalue weighted by molar-refractivity contribution is 7.14. The molecule has 7 nitrogen and oxygen atoms in total. The third kappa shape index (κ3) is 4.23. The number of thiophene rings is 1. The summed E-state index contributed by atoms with van der Waals surface area (Å²) in [5.74, 6) is 0.737. The van der Waals surface area contributed by atoms with E-state index in [-0.39, 0.29) is 5.13 Å². The molecular formula is C27H23FN6OS. The normalized spacial score (nSPS) is 11.7. The van der Waals surface area contributed by atoms with Gasteiger partial charge in [0.05, 0.1) is 17.4 Å². The molecule has 0 unspecified atom stereocenters. The summed E-state index contributed by atoms with van der Waals surface area (Å²) in [6.07, 6.45) is 5.30. The van der Waals surface area contributed by atoms with Crippen molar-refractivity contribution in [3.8, 4) is 38.7 Å². The number of hydrogen-bond donors (Lipinski definition) is 2. The zero-order chi connectivity index (χ0) is 24.6. The molecule has 36 heavy (non-hydrogen) atoms. The lowest BCUT2D eigenvalue weighted by molar-refractivity contribution is 0.261. The van der Waals surface area contributed by atoms with E-state index in [1.807, 2.05) is 50.6 Å². The van der Waals surface area contributed by atoms with E-state index in [0.29, 0.717) is 6.61 Å². The minimum absolute atomic E-state index is 0.210. The SMILES string of the molecule is CN(C)CCOc1cncc(-c2ccc3[nH]nc(-c4cc5c(-c6ccc(F)s6)ccnc5[nH]4)c3c2)c1. The largest absolute Gasteiger partial charge is 0.491 e. The van der Waals surface area contributed by atoms with Gasteiger partial charge in [-0.3, -0.25) is 10.1 Å². The van der Waals surface area contributed by atoms with Crippen LogP contribution in [0.5, 0.6) is 5.75 Å². The third-order valence-electron chi connectivity index (χ3n) is 6.04. The number of aromatic nitrogens is 5. The first-order valence-electron chi connectivity index (χ1n) is 11.5. The van der Waals surface area contributed by atoms with Crippen molar-refractivity contribution in [2.45, 2.75) is 0 Å². The van der Waals surface area contributed by atoms with Crippen molar-refractivity contribution in [2.75, 3.05) is 27.2 Å². The van der Waals surface area contributed by atoms with Crippen molar-refractivity contribution in [3.63, 3.8) is 0 Å². The number of ether oxygens (including phenoxy) is 1. The van der Waals surface area contributed by atoms with E-state index in [0.717, 1.165) is 78.5 Å². The summed E-state index contributed by atoms with van der Waals surface area (Å²) in [7, 11) is 4.03. The molecule has 0 saturated carbocycles. The standard InChI is InChI=1S/C27H23FN6OS/c1-34(2)9-10-35-18-11-17(14-29-15-18)16-3-4-22-21(12-16)26(33-32-22)23-13-20-19(7-8-30-27(20)31-23)24-5-6-25(28)36-24/h3-8,11-15H,9-10H2,1-2H3,(H,30,31)(H,32,33). The van der Waals surface area contributed by atoms with Crippen LogP contribution in [0.2, 0.25) is 0 Å². The lowest BCUT2D eigenvalue weighted by atomic mass is 10.0. The Bertz CT molecular complexity index is 1680. The second-order valence-electron chi connectivity index (χ2n) is 8.80. The number of aromatic amines is 2. The number of H-pyrrole nitrogens is 2. The Morgan fingerprint density at radius 3 is 2.75 bits per heavy atom. The van der Waals surface area contributed by atoms with Crippen LogP contribution >= 0.6 is 11.3 Å². The summed E-state index contributed by atoms with van der Waals surface area (Å²) in [5, 5.41) is 9.40. The second-order valence-corrected chi connectivity index (χ2v) is 9.84. The summed E-state index contributed by atoms with van der Waals surface area (Å²) in [5.41, 5.74) is 6.20. The van der Waals surface area contributed by atoms with Crippen LogP contribution in [0, 0.1) is 5.13 Å². The number of nitrogens with zero attached hydrogens (tertiary/aromatic N) is 4. The topological polar surface area (TPSA) is 82.7 Å². The van der Waals surface area contributed by atoms with Crippen molar-refractivity contribution in [1.29, 1.82) is 0 Å². The predicted octanol–water partition coefficient (Wildman–Crippen LogP) is 5.98. The molecule has 0 atom stereocenters. The van der Waals surface area contributed by atoms with Crippen LogP contribution in [0.25, 0.3) is 54.9 Å². The summed E-state index contributed by atoms with van der Waals surface area (Å²) < 4.78 is 19.5. The maximum Gasteiger partial charge on any atom is 0.176 e. The molecule has 0 radical (unpaired) electrons. The molecule has 6 aromatic rings. The summed E-state index contributed by atoms with van der Waals surface area (Å²) in [6.45, 7) is 1.43. The van der Waals surface area contributed by atoms with Crippen LogP contribution in [0.3, 0.4) is 0 Å². The van der Waals surface area contributed by atoms with E-state index >= 15 is 0 Å². The molecule has 0 aliphatic carbocycles. The molecule has 2 N–H and O–H groups in total. The second kappa shape index (κ2) is 9.18. The third-order valence-corrected chi connectivity index (χ3v) is 6.95. The smallest absolute Gasteiger partial charge is 0.176 e. The number of nitrogens with one attached hydrogen (secondary N) is 2. The van der Waals surface area contributed by atoms with Crippen molar-refractivity contribution in [2.24, 2.45) is 0 Å². The molecule has 0 spiro atoms. The highest BCUT2D eigenvalue weighted by Crippen LogP contribution is 2.36. The molecule has 0 saturated heterocycles. The van der Waals surface area contributed by atoms with Gasteiger partial charge in [0.2, 0.25) is 0 Å². The van der Waals surface area contributed by atoms with Crippen molar-refractivity contribution >= 4 is 33.3 Å². The molecule has 0 aliphatic rings. The number of benzene rings is 1. The molecule has 0 aliphatic heterocycles. The van der Waals surface area contributed by atoms with Crippen LogP contribution in [0.15, 0.2) is 67.1 Å². The van der Waals surface area contributed by atoms with Gasteiger partial charge in [-0.25, -0.2) is 4.98 Å². The average molecular weight is 499 g/mol. The first-order chi connectivity index (χ1) is 17.5.